The Balaban J connectivity index is 2.13. The summed E-state index contributed by atoms with van der Waals surface area (Å²) < 4.78 is 7.63. The Bertz CT molecular complexity index is 636. The molecule has 0 saturated carbocycles. The van der Waals surface area contributed by atoms with Crippen LogP contribution in [0, 0.1) is 0 Å². The summed E-state index contributed by atoms with van der Waals surface area (Å²) >= 11 is 3.33. The molecule has 1 fully saturated rings. The molecule has 0 aromatic carbocycles. The van der Waals surface area contributed by atoms with Crippen LogP contribution in [0.4, 0.5) is 5.95 Å². The molecule has 19 heavy (non-hydrogen) atoms. The molecule has 8 heteroatoms. The van der Waals surface area contributed by atoms with Crippen LogP contribution in [0.15, 0.2) is 16.9 Å². The molecule has 1 aliphatic rings. The lowest BCUT2D eigenvalue weighted by molar-refractivity contribution is 0.0691. The molecule has 1 saturated heterocycles. The predicted octanol–water partition coefficient (Wildman–Crippen LogP) is 1.03. The highest BCUT2D eigenvalue weighted by atomic mass is 79.9. The lowest BCUT2D eigenvalue weighted by Gasteiger charge is -2.28. The molecule has 2 aromatic rings. The standard InChI is InChI=1S/C11H11BrN4O3/c12-8-5-9-13-7(10(17)18)6-16(9)11(14-8)15-1-3-19-4-2-15/h5-6H,1-4H2,(H,17,18). The minimum Gasteiger partial charge on any atom is -0.476 e. The van der Waals surface area contributed by atoms with Gasteiger partial charge >= 0.3 is 5.97 Å². The molecule has 1 N–H and O–H groups in total. The molecule has 3 heterocycles. The lowest BCUT2D eigenvalue weighted by Crippen LogP contribution is -2.37. The van der Waals surface area contributed by atoms with Gasteiger partial charge in [-0.05, 0) is 15.9 Å². The van der Waals surface area contributed by atoms with Gasteiger partial charge < -0.3 is 14.7 Å². The SMILES string of the molecule is O=C(O)c1cn2c(N3CCOCC3)nc(Br)cc2n1. The lowest BCUT2D eigenvalue weighted by atomic mass is 10.4. The summed E-state index contributed by atoms with van der Waals surface area (Å²) in [5.41, 5.74) is 0.565. The molecule has 0 aliphatic carbocycles. The molecule has 7 nitrogen and oxygen atoms in total. The molecule has 0 amide bonds. The molecule has 0 unspecified atom stereocenters. The monoisotopic (exact) mass is 326 g/mol. The zero-order valence-corrected chi connectivity index (χ0v) is 11.5. The first-order valence-corrected chi connectivity index (χ1v) is 6.56. The van der Waals surface area contributed by atoms with E-state index >= 15 is 0 Å². The van der Waals surface area contributed by atoms with Gasteiger partial charge in [0.15, 0.2) is 5.69 Å². The fourth-order valence-corrected chi connectivity index (χ4v) is 2.40. The number of anilines is 1. The first-order chi connectivity index (χ1) is 9.15. The summed E-state index contributed by atoms with van der Waals surface area (Å²) in [5.74, 6) is -0.375. The van der Waals surface area contributed by atoms with Crippen molar-refractivity contribution in [1.82, 2.24) is 14.4 Å². The number of carbonyl (C=O) groups is 1. The molecule has 100 valence electrons. The number of carboxylic acids is 1. The quantitative estimate of drug-likeness (QED) is 0.830. The summed E-state index contributed by atoms with van der Waals surface area (Å²) in [7, 11) is 0. The minimum atomic E-state index is -1.05. The van der Waals surface area contributed by atoms with Crippen LogP contribution in [0.1, 0.15) is 10.5 Å². The highest BCUT2D eigenvalue weighted by Crippen LogP contribution is 2.20. The van der Waals surface area contributed by atoms with Crippen molar-refractivity contribution in [2.24, 2.45) is 0 Å². The molecule has 2 aromatic heterocycles. The van der Waals surface area contributed by atoms with E-state index in [9.17, 15) is 4.79 Å². The number of carboxylic acid groups (broad SMARTS) is 1. The first-order valence-electron chi connectivity index (χ1n) is 5.77. The number of fused-ring (bicyclic) bond motifs is 1. The van der Waals surface area contributed by atoms with E-state index in [0.717, 1.165) is 13.1 Å². The number of hydrogen-bond acceptors (Lipinski definition) is 5. The van der Waals surface area contributed by atoms with Crippen molar-refractivity contribution in [1.29, 1.82) is 0 Å². The second-order valence-electron chi connectivity index (χ2n) is 4.14. The predicted molar refractivity (Wildman–Crippen MR) is 70.7 cm³/mol. The third kappa shape index (κ3) is 2.28. The zero-order valence-electron chi connectivity index (χ0n) is 9.91. The number of ether oxygens (including phenoxy) is 1. The van der Waals surface area contributed by atoms with Crippen molar-refractivity contribution in [2.75, 3.05) is 31.2 Å². The smallest absolute Gasteiger partial charge is 0.356 e. The van der Waals surface area contributed by atoms with Crippen molar-refractivity contribution in [3.63, 3.8) is 0 Å². The van der Waals surface area contributed by atoms with Gasteiger partial charge in [-0.25, -0.2) is 14.8 Å². The third-order valence-corrected chi connectivity index (χ3v) is 3.32. The maximum Gasteiger partial charge on any atom is 0.356 e. The van der Waals surface area contributed by atoms with Crippen LogP contribution in [0.2, 0.25) is 0 Å². The van der Waals surface area contributed by atoms with Crippen molar-refractivity contribution in [3.05, 3.63) is 22.6 Å². The molecular formula is C11H11BrN4O3. The molecule has 0 bridgehead atoms. The van der Waals surface area contributed by atoms with E-state index in [1.54, 1.807) is 10.5 Å². The Hall–Kier alpha value is -1.67. The van der Waals surface area contributed by atoms with Gasteiger partial charge in [0, 0.05) is 25.4 Å². The number of imidazole rings is 1. The van der Waals surface area contributed by atoms with Gasteiger partial charge in [0.05, 0.1) is 13.2 Å². The minimum absolute atomic E-state index is 0.00871. The second kappa shape index (κ2) is 4.78. The fourth-order valence-electron chi connectivity index (χ4n) is 2.03. The Kier molecular flexibility index (Phi) is 3.11. The van der Waals surface area contributed by atoms with E-state index in [-0.39, 0.29) is 5.69 Å². The average Bonchev–Trinajstić information content (AvgIpc) is 2.82. The van der Waals surface area contributed by atoms with E-state index in [4.69, 9.17) is 9.84 Å². The van der Waals surface area contributed by atoms with Crippen LogP contribution < -0.4 is 4.90 Å². The van der Waals surface area contributed by atoms with Crippen LogP contribution in [0.5, 0.6) is 0 Å². The molecule has 3 rings (SSSR count). The van der Waals surface area contributed by atoms with Crippen molar-refractivity contribution < 1.29 is 14.6 Å². The fraction of sp³-hybridized carbons (Fsp3) is 0.364. The molecule has 0 atom stereocenters. The number of morpholine rings is 1. The molecule has 0 radical (unpaired) electrons. The first kappa shape index (κ1) is 12.4. The van der Waals surface area contributed by atoms with Crippen molar-refractivity contribution >= 4 is 33.5 Å². The highest BCUT2D eigenvalue weighted by molar-refractivity contribution is 9.10. The van der Waals surface area contributed by atoms with Gasteiger partial charge in [-0.2, -0.15) is 0 Å². The van der Waals surface area contributed by atoms with E-state index in [1.165, 1.54) is 6.20 Å². The zero-order chi connectivity index (χ0) is 13.4. The number of rotatable bonds is 2. The van der Waals surface area contributed by atoms with Gasteiger partial charge in [0.25, 0.3) is 0 Å². The van der Waals surface area contributed by atoms with Crippen LogP contribution in [0.3, 0.4) is 0 Å². The van der Waals surface area contributed by atoms with E-state index < -0.39 is 5.97 Å². The third-order valence-electron chi connectivity index (χ3n) is 2.92. The second-order valence-corrected chi connectivity index (χ2v) is 4.95. The van der Waals surface area contributed by atoms with Gasteiger partial charge in [-0.15, -0.1) is 0 Å². The Labute approximate surface area is 117 Å². The van der Waals surface area contributed by atoms with Crippen LogP contribution in [0.25, 0.3) is 5.65 Å². The number of halogens is 1. The Morgan fingerprint density at radius 1 is 1.37 bits per heavy atom. The summed E-state index contributed by atoms with van der Waals surface area (Å²) in [6, 6.07) is 1.69. The van der Waals surface area contributed by atoms with Crippen molar-refractivity contribution in [3.8, 4) is 0 Å². The number of nitrogens with zero attached hydrogens (tertiary/aromatic N) is 4. The van der Waals surface area contributed by atoms with E-state index in [1.807, 2.05) is 0 Å². The molecule has 1 aliphatic heterocycles. The largest absolute Gasteiger partial charge is 0.476 e. The van der Waals surface area contributed by atoms with Crippen LogP contribution in [-0.4, -0.2) is 51.7 Å². The van der Waals surface area contributed by atoms with Crippen LogP contribution in [-0.2, 0) is 4.74 Å². The van der Waals surface area contributed by atoms with Gasteiger partial charge in [0.1, 0.15) is 10.3 Å². The summed E-state index contributed by atoms with van der Waals surface area (Å²) in [5, 5.41) is 9.01. The number of aromatic nitrogens is 3. The number of aromatic carboxylic acids is 1. The average molecular weight is 327 g/mol. The van der Waals surface area contributed by atoms with E-state index in [0.29, 0.717) is 29.4 Å². The number of hydrogen-bond donors (Lipinski definition) is 1. The van der Waals surface area contributed by atoms with E-state index in [2.05, 4.69) is 30.8 Å². The summed E-state index contributed by atoms with van der Waals surface area (Å²) in [6.45, 7) is 2.71. The maximum absolute atomic E-state index is 11.0. The van der Waals surface area contributed by atoms with Crippen molar-refractivity contribution in [2.45, 2.75) is 0 Å². The van der Waals surface area contributed by atoms with Gasteiger partial charge in [-0.3, -0.25) is 4.40 Å². The summed E-state index contributed by atoms with van der Waals surface area (Å²) in [6.07, 6.45) is 1.49. The topological polar surface area (TPSA) is 80.0 Å². The molecule has 0 spiro atoms. The highest BCUT2D eigenvalue weighted by Gasteiger charge is 2.19. The maximum atomic E-state index is 11.0. The Morgan fingerprint density at radius 2 is 2.11 bits per heavy atom. The normalized spacial score (nSPS) is 15.9. The summed E-state index contributed by atoms with van der Waals surface area (Å²) in [4.78, 5) is 21.5. The van der Waals surface area contributed by atoms with Crippen LogP contribution >= 0.6 is 15.9 Å². The van der Waals surface area contributed by atoms with Gasteiger partial charge in [0.2, 0.25) is 5.95 Å². The molecular weight excluding hydrogens is 316 g/mol. The Morgan fingerprint density at radius 3 is 2.79 bits per heavy atom. The van der Waals surface area contributed by atoms with Gasteiger partial charge in [-0.1, -0.05) is 0 Å².